The molecular formula is C9H11N3O3. The second kappa shape index (κ2) is 4.46. The van der Waals surface area contributed by atoms with Gasteiger partial charge in [-0.25, -0.2) is 4.79 Å². The van der Waals surface area contributed by atoms with Gasteiger partial charge in [0.25, 0.3) is 0 Å². The third kappa shape index (κ3) is 2.26. The highest BCUT2D eigenvalue weighted by molar-refractivity contribution is 5.38. The van der Waals surface area contributed by atoms with Gasteiger partial charge >= 0.3 is 11.6 Å². The van der Waals surface area contributed by atoms with E-state index in [1.165, 1.54) is 4.90 Å². The molecule has 0 saturated carbocycles. The van der Waals surface area contributed by atoms with Crippen molar-refractivity contribution in [1.82, 2.24) is 4.98 Å². The molecule has 0 aromatic carbocycles. The number of anilines is 1. The number of ether oxygens (including phenoxy) is 1. The number of hydrogen-bond donors (Lipinski definition) is 0. The molecule has 15 heavy (non-hydrogen) atoms. The Labute approximate surface area is 86.7 Å². The van der Waals surface area contributed by atoms with E-state index in [2.05, 4.69) is 4.98 Å². The lowest BCUT2D eigenvalue weighted by molar-refractivity contribution is 0.316. The summed E-state index contributed by atoms with van der Waals surface area (Å²) in [5.74, 6) is 0.0138. The Morgan fingerprint density at radius 2 is 2.27 bits per heavy atom. The Morgan fingerprint density at radius 3 is 2.73 bits per heavy atom. The van der Waals surface area contributed by atoms with E-state index in [4.69, 9.17) is 14.4 Å². The van der Waals surface area contributed by atoms with Crippen LogP contribution < -0.4 is 15.3 Å². The fraction of sp³-hybridized carbons (Fsp3) is 0.444. The van der Waals surface area contributed by atoms with Gasteiger partial charge in [-0.3, -0.25) is 0 Å². The average Bonchev–Trinajstić information content (AvgIpc) is 2.17. The van der Waals surface area contributed by atoms with Crippen molar-refractivity contribution < 1.29 is 9.15 Å². The van der Waals surface area contributed by atoms with Crippen LogP contribution in [-0.2, 0) is 0 Å². The zero-order valence-corrected chi connectivity index (χ0v) is 8.77. The Kier molecular flexibility index (Phi) is 3.29. The van der Waals surface area contributed by atoms with Crippen molar-refractivity contribution >= 4 is 6.01 Å². The number of aromatic nitrogens is 1. The number of nitrogens with zero attached hydrogens (tertiary/aromatic N) is 3. The van der Waals surface area contributed by atoms with Gasteiger partial charge in [0.2, 0.25) is 5.88 Å². The molecule has 6 heteroatoms. The van der Waals surface area contributed by atoms with Gasteiger partial charge in [-0.15, -0.1) is 0 Å². The van der Waals surface area contributed by atoms with Crippen LogP contribution in [0, 0.1) is 11.3 Å². The number of hydrogen-bond acceptors (Lipinski definition) is 6. The summed E-state index contributed by atoms with van der Waals surface area (Å²) in [6.07, 6.45) is 0. The smallest absolute Gasteiger partial charge is 0.362 e. The number of nitriles is 1. The van der Waals surface area contributed by atoms with Gasteiger partial charge in [-0.05, 0) is 6.92 Å². The molecule has 0 unspecified atom stereocenters. The van der Waals surface area contributed by atoms with Crippen molar-refractivity contribution in [2.75, 3.05) is 25.6 Å². The molecule has 0 spiro atoms. The highest BCUT2D eigenvalue weighted by atomic mass is 16.5. The molecule has 1 rings (SSSR count). The summed E-state index contributed by atoms with van der Waals surface area (Å²) in [6, 6.07) is 1.82. The van der Waals surface area contributed by atoms with E-state index in [1.807, 2.05) is 0 Å². The van der Waals surface area contributed by atoms with Crippen molar-refractivity contribution in [3.05, 3.63) is 16.0 Å². The van der Waals surface area contributed by atoms with Gasteiger partial charge < -0.3 is 14.1 Å². The molecule has 0 aliphatic heterocycles. The lowest BCUT2D eigenvalue weighted by atomic mass is 10.4. The predicted octanol–water partition coefficient (Wildman–Crippen LogP) is 0.371. The van der Waals surface area contributed by atoms with Crippen LogP contribution in [0.5, 0.6) is 5.88 Å². The van der Waals surface area contributed by atoms with Gasteiger partial charge in [0, 0.05) is 14.1 Å². The summed E-state index contributed by atoms with van der Waals surface area (Å²) in [4.78, 5) is 16.8. The van der Waals surface area contributed by atoms with Crippen molar-refractivity contribution in [3.8, 4) is 11.9 Å². The molecule has 0 atom stereocenters. The largest absolute Gasteiger partial charge is 0.477 e. The first kappa shape index (κ1) is 11.0. The van der Waals surface area contributed by atoms with Crippen LogP contribution in [0.3, 0.4) is 0 Å². The molecule has 0 fully saturated rings. The van der Waals surface area contributed by atoms with E-state index in [9.17, 15) is 4.79 Å². The Bertz CT molecular complexity index is 445. The molecule has 0 saturated heterocycles. The maximum atomic E-state index is 11.3. The monoisotopic (exact) mass is 209 g/mol. The van der Waals surface area contributed by atoms with Crippen LogP contribution in [-0.4, -0.2) is 25.7 Å². The predicted molar refractivity (Wildman–Crippen MR) is 53.0 cm³/mol. The van der Waals surface area contributed by atoms with Gasteiger partial charge in [0.05, 0.1) is 6.61 Å². The van der Waals surface area contributed by atoms with E-state index in [1.54, 1.807) is 27.1 Å². The van der Waals surface area contributed by atoms with Crippen LogP contribution in [0.2, 0.25) is 0 Å². The molecule has 0 N–H and O–H groups in total. The van der Waals surface area contributed by atoms with Crippen LogP contribution in [0.15, 0.2) is 9.21 Å². The minimum Gasteiger partial charge on any atom is -0.477 e. The Hall–Kier alpha value is -2.03. The fourth-order valence-corrected chi connectivity index (χ4v) is 0.913. The molecular weight excluding hydrogens is 198 g/mol. The molecule has 0 bridgehead atoms. The zero-order chi connectivity index (χ0) is 11.4. The quantitative estimate of drug-likeness (QED) is 0.715. The second-order valence-electron chi connectivity index (χ2n) is 2.90. The lowest BCUT2D eigenvalue weighted by Gasteiger charge is -2.10. The van der Waals surface area contributed by atoms with E-state index in [0.717, 1.165) is 0 Å². The van der Waals surface area contributed by atoms with Crippen LogP contribution in [0.4, 0.5) is 6.01 Å². The summed E-state index contributed by atoms with van der Waals surface area (Å²) in [7, 11) is 3.35. The molecule has 6 nitrogen and oxygen atoms in total. The molecule has 0 aliphatic carbocycles. The van der Waals surface area contributed by atoms with E-state index < -0.39 is 5.63 Å². The second-order valence-corrected chi connectivity index (χ2v) is 2.90. The van der Waals surface area contributed by atoms with E-state index >= 15 is 0 Å². The average molecular weight is 209 g/mol. The van der Waals surface area contributed by atoms with Gasteiger partial charge in [0.1, 0.15) is 6.07 Å². The van der Waals surface area contributed by atoms with Crippen molar-refractivity contribution in [2.45, 2.75) is 6.92 Å². The SMILES string of the molecule is CCOc1nc(N(C)C)oc(=O)c1C#N. The molecule has 0 amide bonds. The number of rotatable bonds is 3. The summed E-state index contributed by atoms with van der Waals surface area (Å²) in [6.45, 7) is 2.07. The summed E-state index contributed by atoms with van der Waals surface area (Å²) in [5, 5.41) is 8.71. The summed E-state index contributed by atoms with van der Waals surface area (Å²) >= 11 is 0. The lowest BCUT2D eigenvalue weighted by Crippen LogP contribution is -2.17. The van der Waals surface area contributed by atoms with Crippen molar-refractivity contribution in [3.63, 3.8) is 0 Å². The minimum atomic E-state index is -0.736. The third-order valence-corrected chi connectivity index (χ3v) is 1.57. The van der Waals surface area contributed by atoms with Gasteiger partial charge in [-0.2, -0.15) is 10.2 Å². The highest BCUT2D eigenvalue weighted by Gasteiger charge is 2.15. The van der Waals surface area contributed by atoms with Crippen LogP contribution >= 0.6 is 0 Å². The first-order valence-corrected chi connectivity index (χ1v) is 4.35. The maximum Gasteiger partial charge on any atom is 0.362 e. The molecule has 1 heterocycles. The van der Waals surface area contributed by atoms with Crippen molar-refractivity contribution in [2.24, 2.45) is 0 Å². The molecule has 80 valence electrons. The van der Waals surface area contributed by atoms with Crippen LogP contribution in [0.1, 0.15) is 12.5 Å². The van der Waals surface area contributed by atoms with Gasteiger partial charge in [0.15, 0.2) is 5.56 Å². The standard InChI is InChI=1S/C9H11N3O3/c1-4-14-7-6(5-10)8(13)15-9(11-7)12(2)3/h4H2,1-3H3. The van der Waals surface area contributed by atoms with Crippen LogP contribution in [0.25, 0.3) is 0 Å². The molecule has 1 aromatic rings. The molecule has 0 aliphatic rings. The first-order chi connectivity index (χ1) is 7.10. The van der Waals surface area contributed by atoms with Crippen molar-refractivity contribution in [1.29, 1.82) is 5.26 Å². The zero-order valence-electron chi connectivity index (χ0n) is 8.77. The fourth-order valence-electron chi connectivity index (χ4n) is 0.913. The minimum absolute atomic E-state index is 0.0138. The highest BCUT2D eigenvalue weighted by Crippen LogP contribution is 2.15. The Morgan fingerprint density at radius 1 is 1.60 bits per heavy atom. The summed E-state index contributed by atoms with van der Waals surface area (Å²) < 4.78 is 9.88. The van der Waals surface area contributed by atoms with E-state index in [0.29, 0.717) is 6.61 Å². The maximum absolute atomic E-state index is 11.3. The topological polar surface area (TPSA) is 79.4 Å². The summed E-state index contributed by atoms with van der Waals surface area (Å²) in [5.41, 5.74) is -0.942. The first-order valence-electron chi connectivity index (χ1n) is 4.35. The molecule has 1 aromatic heterocycles. The van der Waals surface area contributed by atoms with E-state index in [-0.39, 0.29) is 17.5 Å². The third-order valence-electron chi connectivity index (χ3n) is 1.57. The molecule has 0 radical (unpaired) electrons. The Balaban J connectivity index is 3.34. The normalized spacial score (nSPS) is 9.47. The van der Waals surface area contributed by atoms with Gasteiger partial charge in [-0.1, -0.05) is 0 Å².